The first-order valence-electron chi connectivity index (χ1n) is 5.87. The molecular formula is C13H17NO3. The maximum atomic E-state index is 11.7. The fourth-order valence-electron chi connectivity index (χ4n) is 2.07. The van der Waals surface area contributed by atoms with Gasteiger partial charge in [0.1, 0.15) is 5.75 Å². The number of likely N-dealkylation sites (tertiary alicyclic amines) is 1. The molecule has 0 unspecified atom stereocenters. The molecule has 1 aromatic carbocycles. The van der Waals surface area contributed by atoms with E-state index in [1.165, 1.54) is 4.90 Å². The number of rotatable bonds is 3. The van der Waals surface area contributed by atoms with Crippen LogP contribution in [-0.4, -0.2) is 34.8 Å². The Bertz CT molecular complexity index is 385. The van der Waals surface area contributed by atoms with Gasteiger partial charge in [-0.3, -0.25) is 0 Å². The molecule has 4 nitrogen and oxygen atoms in total. The minimum Gasteiger partial charge on any atom is -0.410 e. The summed E-state index contributed by atoms with van der Waals surface area (Å²) < 4.78 is 5.17. The van der Waals surface area contributed by atoms with E-state index in [9.17, 15) is 9.90 Å². The summed E-state index contributed by atoms with van der Waals surface area (Å²) in [7, 11) is 0. The summed E-state index contributed by atoms with van der Waals surface area (Å²) in [5.41, 5.74) is -0.704. The minimum atomic E-state index is -0.704. The average molecular weight is 235 g/mol. The molecule has 1 heterocycles. The van der Waals surface area contributed by atoms with E-state index in [1.807, 2.05) is 25.1 Å². The monoisotopic (exact) mass is 235 g/mol. The van der Waals surface area contributed by atoms with Crippen LogP contribution < -0.4 is 4.74 Å². The van der Waals surface area contributed by atoms with E-state index in [-0.39, 0.29) is 0 Å². The van der Waals surface area contributed by atoms with Crippen molar-refractivity contribution in [2.45, 2.75) is 25.4 Å². The number of hydrogen-bond acceptors (Lipinski definition) is 3. The highest BCUT2D eigenvalue weighted by Crippen LogP contribution is 2.26. The Morgan fingerprint density at radius 2 is 2.06 bits per heavy atom. The maximum Gasteiger partial charge on any atom is 0.415 e. The second-order valence-electron chi connectivity index (χ2n) is 4.51. The van der Waals surface area contributed by atoms with E-state index in [1.54, 1.807) is 12.1 Å². The van der Waals surface area contributed by atoms with Crippen molar-refractivity contribution in [3.05, 3.63) is 30.3 Å². The van der Waals surface area contributed by atoms with Crippen LogP contribution in [0.3, 0.4) is 0 Å². The largest absolute Gasteiger partial charge is 0.415 e. The van der Waals surface area contributed by atoms with Gasteiger partial charge in [-0.1, -0.05) is 31.5 Å². The molecule has 1 aromatic rings. The molecular weight excluding hydrogens is 218 g/mol. The van der Waals surface area contributed by atoms with Crippen molar-refractivity contribution in [1.29, 1.82) is 0 Å². The number of nitrogens with zero attached hydrogens (tertiary/aromatic N) is 1. The van der Waals surface area contributed by atoms with Gasteiger partial charge in [0.25, 0.3) is 0 Å². The summed E-state index contributed by atoms with van der Waals surface area (Å²) in [6.07, 6.45) is 1.25. The number of carbonyl (C=O) groups is 1. The Balaban J connectivity index is 1.84. The zero-order valence-corrected chi connectivity index (χ0v) is 9.93. The number of ether oxygens (including phenoxy) is 1. The second kappa shape index (κ2) is 4.75. The lowest BCUT2D eigenvalue weighted by atomic mass is 9.90. The van der Waals surface area contributed by atoms with Crippen LogP contribution in [0.25, 0.3) is 0 Å². The molecule has 4 heteroatoms. The fraction of sp³-hybridized carbons (Fsp3) is 0.462. The highest BCUT2D eigenvalue weighted by molar-refractivity contribution is 5.72. The van der Waals surface area contributed by atoms with E-state index in [2.05, 4.69) is 0 Å². The lowest BCUT2D eigenvalue weighted by Gasteiger charge is -2.45. The van der Waals surface area contributed by atoms with Crippen molar-refractivity contribution in [2.75, 3.05) is 13.1 Å². The highest BCUT2D eigenvalue weighted by Gasteiger charge is 2.43. The third-order valence-corrected chi connectivity index (χ3v) is 2.89. The minimum absolute atomic E-state index is 0.368. The molecule has 0 radical (unpaired) electrons. The Morgan fingerprint density at radius 1 is 1.41 bits per heavy atom. The first kappa shape index (κ1) is 11.9. The van der Waals surface area contributed by atoms with Gasteiger partial charge in [-0.15, -0.1) is 0 Å². The lowest BCUT2D eigenvalue weighted by molar-refractivity contribution is -0.0879. The quantitative estimate of drug-likeness (QED) is 0.872. The van der Waals surface area contributed by atoms with Gasteiger partial charge in [0, 0.05) is 0 Å². The summed E-state index contributed by atoms with van der Waals surface area (Å²) in [5.74, 6) is 0.531. The number of para-hydroxylation sites is 1. The molecule has 1 N–H and O–H groups in total. The average Bonchev–Trinajstić information content (AvgIpc) is 2.27. The summed E-state index contributed by atoms with van der Waals surface area (Å²) in [4.78, 5) is 13.2. The SMILES string of the molecule is CCCC1(O)CN(C(=O)Oc2ccccc2)C1. The van der Waals surface area contributed by atoms with Crippen molar-refractivity contribution in [3.63, 3.8) is 0 Å². The van der Waals surface area contributed by atoms with E-state index in [0.717, 1.165) is 12.8 Å². The second-order valence-corrected chi connectivity index (χ2v) is 4.51. The molecule has 92 valence electrons. The van der Waals surface area contributed by atoms with Crippen molar-refractivity contribution in [1.82, 2.24) is 4.90 Å². The third-order valence-electron chi connectivity index (χ3n) is 2.89. The topological polar surface area (TPSA) is 49.8 Å². The smallest absolute Gasteiger partial charge is 0.410 e. The van der Waals surface area contributed by atoms with Crippen molar-refractivity contribution < 1.29 is 14.6 Å². The summed E-state index contributed by atoms with van der Waals surface area (Å²) >= 11 is 0. The van der Waals surface area contributed by atoms with E-state index in [4.69, 9.17) is 4.74 Å². The molecule has 0 aromatic heterocycles. The predicted octanol–water partition coefficient (Wildman–Crippen LogP) is 2.03. The van der Waals surface area contributed by atoms with Gasteiger partial charge >= 0.3 is 6.09 Å². The molecule has 0 bridgehead atoms. The van der Waals surface area contributed by atoms with Crippen molar-refractivity contribution in [3.8, 4) is 5.75 Å². The summed E-state index contributed by atoms with van der Waals surface area (Å²) in [5, 5.41) is 9.95. The van der Waals surface area contributed by atoms with Crippen LogP contribution in [0.2, 0.25) is 0 Å². The van der Waals surface area contributed by atoms with E-state index >= 15 is 0 Å². The number of hydrogen-bond donors (Lipinski definition) is 1. The van der Waals surface area contributed by atoms with Crippen LogP contribution in [0.5, 0.6) is 5.75 Å². The number of amides is 1. The van der Waals surface area contributed by atoms with Gasteiger partial charge < -0.3 is 14.7 Å². The standard InChI is InChI=1S/C13H17NO3/c1-2-8-13(16)9-14(10-13)12(15)17-11-6-4-3-5-7-11/h3-7,16H,2,8-10H2,1H3. The maximum absolute atomic E-state index is 11.7. The van der Waals surface area contributed by atoms with Gasteiger partial charge in [-0.25, -0.2) is 4.79 Å². The van der Waals surface area contributed by atoms with Gasteiger partial charge in [-0.05, 0) is 18.6 Å². The normalized spacial score (nSPS) is 17.4. The molecule has 1 aliphatic heterocycles. The molecule has 0 saturated carbocycles. The van der Waals surface area contributed by atoms with Crippen LogP contribution in [0.1, 0.15) is 19.8 Å². The van der Waals surface area contributed by atoms with E-state index in [0.29, 0.717) is 18.8 Å². The van der Waals surface area contributed by atoms with E-state index < -0.39 is 11.7 Å². The lowest BCUT2D eigenvalue weighted by Crippen LogP contribution is -2.63. The third kappa shape index (κ3) is 2.77. The molecule has 1 amide bonds. The van der Waals surface area contributed by atoms with Gasteiger partial charge in [0.15, 0.2) is 0 Å². The van der Waals surface area contributed by atoms with Crippen LogP contribution in [0.15, 0.2) is 30.3 Å². The van der Waals surface area contributed by atoms with Crippen molar-refractivity contribution >= 4 is 6.09 Å². The predicted molar refractivity (Wildman–Crippen MR) is 63.9 cm³/mol. The molecule has 1 saturated heterocycles. The van der Waals surface area contributed by atoms with Gasteiger partial charge in [-0.2, -0.15) is 0 Å². The number of benzene rings is 1. The van der Waals surface area contributed by atoms with Crippen LogP contribution in [0.4, 0.5) is 4.79 Å². The Kier molecular flexibility index (Phi) is 3.33. The Hall–Kier alpha value is -1.55. The molecule has 1 aliphatic rings. The highest BCUT2D eigenvalue weighted by atomic mass is 16.6. The first-order chi connectivity index (χ1) is 8.13. The van der Waals surface area contributed by atoms with Gasteiger partial charge in [0.2, 0.25) is 0 Å². The molecule has 0 atom stereocenters. The zero-order valence-electron chi connectivity index (χ0n) is 9.93. The number of carbonyl (C=O) groups excluding carboxylic acids is 1. The van der Waals surface area contributed by atoms with Gasteiger partial charge in [0.05, 0.1) is 18.7 Å². The zero-order chi connectivity index (χ0) is 12.3. The van der Waals surface area contributed by atoms with Crippen LogP contribution in [-0.2, 0) is 0 Å². The summed E-state index contributed by atoms with van der Waals surface area (Å²) in [6, 6.07) is 8.95. The fourth-order valence-corrected chi connectivity index (χ4v) is 2.07. The Labute approximate surface area is 101 Å². The molecule has 1 fully saturated rings. The Morgan fingerprint density at radius 3 is 2.65 bits per heavy atom. The van der Waals surface area contributed by atoms with Crippen LogP contribution >= 0.6 is 0 Å². The molecule has 0 aliphatic carbocycles. The molecule has 2 rings (SSSR count). The number of β-amino-alcohol motifs (C(OH)–C–C–N with tert-alkyl or cyclic N) is 1. The molecule has 17 heavy (non-hydrogen) atoms. The summed E-state index contributed by atoms with van der Waals surface area (Å²) in [6.45, 7) is 2.75. The first-order valence-corrected chi connectivity index (χ1v) is 5.87. The number of aliphatic hydroxyl groups is 1. The van der Waals surface area contributed by atoms with Crippen molar-refractivity contribution in [2.24, 2.45) is 0 Å². The van der Waals surface area contributed by atoms with Crippen LogP contribution in [0, 0.1) is 0 Å². The molecule has 0 spiro atoms.